The van der Waals surface area contributed by atoms with Crippen LogP contribution in [0.3, 0.4) is 0 Å². The molecule has 0 aromatic heterocycles. The minimum Gasteiger partial charge on any atom is -0.378 e. The van der Waals surface area contributed by atoms with Crippen molar-refractivity contribution in [2.75, 3.05) is 32.8 Å². The smallest absolute Gasteiger partial charge is 0.221 e. The van der Waals surface area contributed by atoms with Gasteiger partial charge in [-0.1, -0.05) is 12.1 Å². The molecule has 0 spiro atoms. The summed E-state index contributed by atoms with van der Waals surface area (Å²) in [4.78, 5) is 12.3. The van der Waals surface area contributed by atoms with Gasteiger partial charge in [-0.25, -0.2) is 4.39 Å². The fourth-order valence-corrected chi connectivity index (χ4v) is 3.36. The molecule has 1 aromatic carbocycles. The molecule has 0 radical (unpaired) electrons. The van der Waals surface area contributed by atoms with E-state index in [1.165, 1.54) is 12.1 Å². The fourth-order valence-electron chi connectivity index (χ4n) is 3.36. The third kappa shape index (κ3) is 4.50. The first-order chi connectivity index (χ1) is 11.2. The molecule has 2 aliphatic rings. The molecular weight excluding hydrogens is 297 g/mol. The van der Waals surface area contributed by atoms with Crippen LogP contribution in [-0.4, -0.2) is 50.8 Å². The normalized spacial score (nSPS) is 28.3. The first kappa shape index (κ1) is 16.4. The summed E-state index contributed by atoms with van der Waals surface area (Å²) in [5.74, 6) is 0.0248. The van der Waals surface area contributed by atoms with E-state index in [0.29, 0.717) is 19.6 Å². The number of carbonyl (C=O) groups excluding carboxylic acids is 1. The number of carbonyl (C=O) groups is 1. The Morgan fingerprint density at radius 1 is 1.30 bits per heavy atom. The van der Waals surface area contributed by atoms with E-state index in [9.17, 15) is 9.18 Å². The van der Waals surface area contributed by atoms with Gasteiger partial charge in [-0.3, -0.25) is 4.79 Å². The lowest BCUT2D eigenvalue weighted by molar-refractivity contribution is -0.123. The molecular formula is C17H24FN3O2. The molecule has 2 aliphatic heterocycles. The average molecular weight is 321 g/mol. The first-order valence-corrected chi connectivity index (χ1v) is 8.29. The number of ether oxygens (including phenoxy) is 1. The van der Waals surface area contributed by atoms with E-state index < -0.39 is 0 Å². The lowest BCUT2D eigenvalue weighted by Gasteiger charge is -2.34. The summed E-state index contributed by atoms with van der Waals surface area (Å²) in [5, 5.41) is 9.76. The van der Waals surface area contributed by atoms with Crippen LogP contribution in [0.5, 0.6) is 0 Å². The number of halogens is 1. The zero-order valence-electron chi connectivity index (χ0n) is 13.2. The van der Waals surface area contributed by atoms with Gasteiger partial charge in [0.2, 0.25) is 5.91 Å². The van der Waals surface area contributed by atoms with Crippen LogP contribution in [0.25, 0.3) is 0 Å². The largest absolute Gasteiger partial charge is 0.378 e. The summed E-state index contributed by atoms with van der Waals surface area (Å²) in [6, 6.07) is 6.73. The number of amides is 1. The number of morpholine rings is 1. The molecule has 3 unspecified atom stereocenters. The monoisotopic (exact) mass is 321 g/mol. The van der Waals surface area contributed by atoms with Crippen molar-refractivity contribution in [1.82, 2.24) is 16.0 Å². The minimum absolute atomic E-state index is 0.0335. The molecule has 2 saturated heterocycles. The van der Waals surface area contributed by atoms with Crippen LogP contribution < -0.4 is 16.0 Å². The van der Waals surface area contributed by atoms with E-state index in [2.05, 4.69) is 16.0 Å². The van der Waals surface area contributed by atoms with E-state index in [1.54, 1.807) is 0 Å². The zero-order valence-corrected chi connectivity index (χ0v) is 13.2. The van der Waals surface area contributed by atoms with E-state index >= 15 is 0 Å². The van der Waals surface area contributed by atoms with Gasteiger partial charge < -0.3 is 20.7 Å². The van der Waals surface area contributed by atoms with Gasteiger partial charge in [-0.15, -0.1) is 0 Å². The Morgan fingerprint density at radius 3 is 2.87 bits per heavy atom. The number of hydrogen-bond donors (Lipinski definition) is 3. The molecule has 0 bridgehead atoms. The maximum atomic E-state index is 13.1. The van der Waals surface area contributed by atoms with Crippen molar-refractivity contribution < 1.29 is 13.9 Å². The van der Waals surface area contributed by atoms with Crippen molar-refractivity contribution >= 4 is 5.91 Å². The van der Waals surface area contributed by atoms with Crippen molar-refractivity contribution in [2.24, 2.45) is 0 Å². The molecule has 6 heteroatoms. The van der Waals surface area contributed by atoms with E-state index in [4.69, 9.17) is 4.74 Å². The summed E-state index contributed by atoms with van der Waals surface area (Å²) < 4.78 is 18.5. The first-order valence-electron chi connectivity index (χ1n) is 8.29. The third-order valence-electron chi connectivity index (χ3n) is 4.56. The maximum absolute atomic E-state index is 13.1. The number of hydrogen-bond acceptors (Lipinski definition) is 4. The maximum Gasteiger partial charge on any atom is 0.221 e. The molecule has 1 aromatic rings. The van der Waals surface area contributed by atoms with Crippen LogP contribution in [0.15, 0.2) is 24.3 Å². The summed E-state index contributed by atoms with van der Waals surface area (Å²) in [5.41, 5.74) is 1.08. The summed E-state index contributed by atoms with van der Waals surface area (Å²) >= 11 is 0. The Morgan fingerprint density at radius 2 is 2.13 bits per heavy atom. The molecule has 3 rings (SSSR count). The number of benzene rings is 1. The van der Waals surface area contributed by atoms with Crippen molar-refractivity contribution in [3.63, 3.8) is 0 Å². The van der Waals surface area contributed by atoms with Gasteiger partial charge >= 0.3 is 0 Å². The Hall–Kier alpha value is -1.50. The predicted octanol–water partition coefficient (Wildman–Crippen LogP) is 0.766. The van der Waals surface area contributed by atoms with Crippen LogP contribution in [-0.2, 0) is 9.53 Å². The van der Waals surface area contributed by atoms with Gasteiger partial charge in [0.1, 0.15) is 5.82 Å². The number of rotatable bonds is 4. The highest BCUT2D eigenvalue weighted by Crippen LogP contribution is 2.26. The van der Waals surface area contributed by atoms with Crippen LogP contribution in [0.4, 0.5) is 4.39 Å². The molecule has 5 nitrogen and oxygen atoms in total. The highest BCUT2D eigenvalue weighted by molar-refractivity contribution is 5.77. The van der Waals surface area contributed by atoms with Crippen molar-refractivity contribution in [2.45, 2.75) is 30.8 Å². The van der Waals surface area contributed by atoms with Crippen LogP contribution in [0.2, 0.25) is 0 Å². The van der Waals surface area contributed by atoms with Crippen LogP contribution in [0.1, 0.15) is 24.3 Å². The molecule has 1 amide bonds. The Labute approximate surface area is 136 Å². The molecule has 23 heavy (non-hydrogen) atoms. The molecule has 2 fully saturated rings. The molecule has 126 valence electrons. The van der Waals surface area contributed by atoms with Gasteiger partial charge in [-0.05, 0) is 30.7 Å². The number of nitrogens with one attached hydrogen (secondary N) is 3. The van der Waals surface area contributed by atoms with Gasteiger partial charge in [0, 0.05) is 37.5 Å². The second-order valence-corrected chi connectivity index (χ2v) is 6.25. The zero-order chi connectivity index (χ0) is 16.1. The van der Waals surface area contributed by atoms with E-state index in [-0.39, 0.29) is 29.7 Å². The highest BCUT2D eigenvalue weighted by atomic mass is 19.1. The highest BCUT2D eigenvalue weighted by Gasteiger charge is 2.28. The van der Waals surface area contributed by atoms with Crippen molar-refractivity contribution in [3.05, 3.63) is 35.6 Å². The fraction of sp³-hybridized carbons (Fsp3) is 0.588. The summed E-state index contributed by atoms with van der Waals surface area (Å²) in [6.07, 6.45) is 1.36. The van der Waals surface area contributed by atoms with Crippen molar-refractivity contribution in [3.8, 4) is 0 Å². The van der Waals surface area contributed by atoms with Gasteiger partial charge in [0.15, 0.2) is 0 Å². The van der Waals surface area contributed by atoms with Gasteiger partial charge in [-0.2, -0.15) is 0 Å². The van der Waals surface area contributed by atoms with Crippen LogP contribution in [0, 0.1) is 5.82 Å². The quantitative estimate of drug-likeness (QED) is 0.766. The number of piperidine rings is 1. The lowest BCUT2D eigenvalue weighted by atomic mass is 9.86. The standard InChI is InChI=1S/C17H24FN3O2/c18-13-3-1-12(2-4-13)15-5-6-19-10-16(15)21-17(22)9-14-11-23-8-7-20-14/h1-4,14-16,19-20H,5-11H2,(H,21,22). The van der Waals surface area contributed by atoms with E-state index in [1.807, 2.05) is 12.1 Å². The van der Waals surface area contributed by atoms with Crippen LogP contribution >= 0.6 is 0 Å². The summed E-state index contributed by atoms with van der Waals surface area (Å²) in [6.45, 7) is 3.73. The second kappa shape index (κ2) is 7.86. The molecule has 0 aliphatic carbocycles. The van der Waals surface area contributed by atoms with Gasteiger partial charge in [0.05, 0.1) is 13.2 Å². The predicted molar refractivity (Wildman–Crippen MR) is 85.8 cm³/mol. The Bertz CT molecular complexity index is 517. The average Bonchev–Trinajstić information content (AvgIpc) is 2.57. The minimum atomic E-state index is -0.230. The topological polar surface area (TPSA) is 62.4 Å². The Balaban J connectivity index is 1.59. The summed E-state index contributed by atoms with van der Waals surface area (Å²) in [7, 11) is 0. The molecule has 0 saturated carbocycles. The van der Waals surface area contributed by atoms with Gasteiger partial charge in [0.25, 0.3) is 0 Å². The van der Waals surface area contributed by atoms with E-state index in [0.717, 1.165) is 31.6 Å². The molecule has 3 N–H and O–H groups in total. The Kier molecular flexibility index (Phi) is 5.59. The molecule has 3 atom stereocenters. The second-order valence-electron chi connectivity index (χ2n) is 6.25. The third-order valence-corrected chi connectivity index (χ3v) is 4.56. The van der Waals surface area contributed by atoms with Crippen molar-refractivity contribution in [1.29, 1.82) is 0 Å². The molecule has 2 heterocycles. The SMILES string of the molecule is O=C(CC1COCCN1)NC1CNCCC1c1ccc(F)cc1. The lowest BCUT2D eigenvalue weighted by Crippen LogP contribution is -2.52.